The van der Waals surface area contributed by atoms with Crippen LogP contribution in [0.3, 0.4) is 0 Å². The van der Waals surface area contributed by atoms with Crippen LogP contribution in [0.25, 0.3) is 0 Å². The third-order valence-electron chi connectivity index (χ3n) is 1.76. The van der Waals surface area contributed by atoms with Crippen molar-refractivity contribution in [1.82, 2.24) is 0 Å². The van der Waals surface area contributed by atoms with Gasteiger partial charge in [0.15, 0.2) is 0 Å². The average molecular weight is 147 g/mol. The van der Waals surface area contributed by atoms with E-state index in [0.717, 1.165) is 11.3 Å². The molecule has 0 aromatic heterocycles. The van der Waals surface area contributed by atoms with E-state index in [4.69, 9.17) is 10.5 Å². The van der Waals surface area contributed by atoms with Crippen molar-refractivity contribution in [2.24, 2.45) is 5.73 Å². The van der Waals surface area contributed by atoms with Crippen LogP contribution in [0.1, 0.15) is 11.6 Å². The first-order valence-electron chi connectivity index (χ1n) is 3.56. The van der Waals surface area contributed by atoms with E-state index < -0.39 is 0 Å². The minimum Gasteiger partial charge on any atom is -0.465 e. The summed E-state index contributed by atoms with van der Waals surface area (Å²) < 4.78 is 5.23. The van der Waals surface area contributed by atoms with Crippen LogP contribution in [0, 0.1) is 0 Å². The van der Waals surface area contributed by atoms with Crippen LogP contribution in [0.2, 0.25) is 0 Å². The van der Waals surface area contributed by atoms with Crippen LogP contribution >= 0.6 is 0 Å². The molecule has 0 fully saturated rings. The standard InChI is InChI=1S/C9H9NO/c10-8-5-6-11-9-4-2-1-3-7(8)9/h1-6,8H,10H2. The Morgan fingerprint density at radius 3 is 2.91 bits per heavy atom. The van der Waals surface area contributed by atoms with Gasteiger partial charge in [-0.25, -0.2) is 0 Å². The molecule has 2 nitrogen and oxygen atoms in total. The van der Waals surface area contributed by atoms with E-state index in [9.17, 15) is 0 Å². The normalized spacial score (nSPS) is 20.6. The molecular formula is C9H9NO. The third-order valence-corrected chi connectivity index (χ3v) is 1.76. The number of rotatable bonds is 0. The number of ether oxygens (including phenoxy) is 1. The lowest BCUT2D eigenvalue weighted by molar-refractivity contribution is 0.454. The fourth-order valence-electron chi connectivity index (χ4n) is 1.16. The molecule has 0 spiro atoms. The predicted octanol–water partition coefficient (Wildman–Crippen LogP) is 1.59. The van der Waals surface area contributed by atoms with E-state index in [2.05, 4.69) is 0 Å². The first-order valence-corrected chi connectivity index (χ1v) is 3.56. The summed E-state index contributed by atoms with van der Waals surface area (Å²) in [6.45, 7) is 0. The number of para-hydroxylation sites is 1. The first kappa shape index (κ1) is 6.43. The maximum Gasteiger partial charge on any atom is 0.131 e. The zero-order valence-electron chi connectivity index (χ0n) is 6.03. The number of fused-ring (bicyclic) bond motifs is 1. The van der Waals surface area contributed by atoms with Crippen molar-refractivity contribution in [3.05, 3.63) is 42.2 Å². The Bertz CT molecular complexity index is 293. The zero-order valence-corrected chi connectivity index (χ0v) is 6.03. The van der Waals surface area contributed by atoms with Crippen molar-refractivity contribution in [3.63, 3.8) is 0 Å². The summed E-state index contributed by atoms with van der Waals surface area (Å²) >= 11 is 0. The Hall–Kier alpha value is -1.28. The summed E-state index contributed by atoms with van der Waals surface area (Å²) in [5, 5.41) is 0. The molecule has 11 heavy (non-hydrogen) atoms. The van der Waals surface area contributed by atoms with Crippen molar-refractivity contribution in [2.75, 3.05) is 0 Å². The molecule has 2 N–H and O–H groups in total. The molecule has 0 bridgehead atoms. The lowest BCUT2D eigenvalue weighted by Gasteiger charge is -2.16. The first-order chi connectivity index (χ1) is 5.38. The predicted molar refractivity (Wildman–Crippen MR) is 43.1 cm³/mol. The van der Waals surface area contributed by atoms with Gasteiger partial charge in [0.05, 0.1) is 12.3 Å². The number of hydrogen-bond acceptors (Lipinski definition) is 2. The maximum atomic E-state index is 5.78. The van der Waals surface area contributed by atoms with Gasteiger partial charge in [0.25, 0.3) is 0 Å². The van der Waals surface area contributed by atoms with E-state index in [0.29, 0.717) is 0 Å². The fourth-order valence-corrected chi connectivity index (χ4v) is 1.16. The van der Waals surface area contributed by atoms with Gasteiger partial charge in [-0.3, -0.25) is 0 Å². The summed E-state index contributed by atoms with van der Waals surface area (Å²) in [6, 6.07) is 7.77. The zero-order chi connectivity index (χ0) is 7.68. The summed E-state index contributed by atoms with van der Waals surface area (Å²) in [7, 11) is 0. The third kappa shape index (κ3) is 1.01. The monoisotopic (exact) mass is 147 g/mol. The van der Waals surface area contributed by atoms with Crippen LogP contribution in [0.4, 0.5) is 0 Å². The highest BCUT2D eigenvalue weighted by atomic mass is 16.5. The lowest BCUT2D eigenvalue weighted by atomic mass is 10.1. The lowest BCUT2D eigenvalue weighted by Crippen LogP contribution is -2.11. The van der Waals surface area contributed by atoms with Gasteiger partial charge in [0.2, 0.25) is 0 Å². The van der Waals surface area contributed by atoms with Gasteiger partial charge in [-0.2, -0.15) is 0 Å². The molecule has 1 atom stereocenters. The molecule has 1 aromatic rings. The number of hydrogen-bond donors (Lipinski definition) is 1. The Morgan fingerprint density at radius 2 is 2.09 bits per heavy atom. The maximum absolute atomic E-state index is 5.78. The molecule has 0 radical (unpaired) electrons. The van der Waals surface area contributed by atoms with Crippen molar-refractivity contribution in [2.45, 2.75) is 6.04 Å². The molecule has 0 saturated heterocycles. The second kappa shape index (κ2) is 2.40. The Morgan fingerprint density at radius 1 is 1.27 bits per heavy atom. The van der Waals surface area contributed by atoms with Gasteiger partial charge in [0.1, 0.15) is 5.75 Å². The van der Waals surface area contributed by atoms with E-state index in [-0.39, 0.29) is 6.04 Å². The van der Waals surface area contributed by atoms with Crippen molar-refractivity contribution >= 4 is 0 Å². The molecule has 0 saturated carbocycles. The topological polar surface area (TPSA) is 35.2 Å². The smallest absolute Gasteiger partial charge is 0.131 e. The Labute approximate surface area is 65.3 Å². The van der Waals surface area contributed by atoms with E-state index in [1.54, 1.807) is 6.26 Å². The number of benzene rings is 1. The summed E-state index contributed by atoms with van der Waals surface area (Å²) in [4.78, 5) is 0. The van der Waals surface area contributed by atoms with Crippen LogP contribution in [0.5, 0.6) is 5.75 Å². The van der Waals surface area contributed by atoms with Crippen molar-refractivity contribution in [3.8, 4) is 5.75 Å². The molecule has 1 aromatic carbocycles. The highest BCUT2D eigenvalue weighted by Crippen LogP contribution is 2.27. The van der Waals surface area contributed by atoms with Crippen LogP contribution in [0.15, 0.2) is 36.6 Å². The van der Waals surface area contributed by atoms with Gasteiger partial charge in [-0.05, 0) is 12.1 Å². The van der Waals surface area contributed by atoms with Crippen LogP contribution < -0.4 is 10.5 Å². The molecule has 0 aliphatic carbocycles. The molecule has 1 aliphatic heterocycles. The summed E-state index contributed by atoms with van der Waals surface area (Å²) in [6.07, 6.45) is 3.47. The van der Waals surface area contributed by atoms with Crippen molar-refractivity contribution < 1.29 is 4.74 Å². The highest BCUT2D eigenvalue weighted by Gasteiger charge is 2.11. The Kier molecular flexibility index (Phi) is 1.40. The van der Waals surface area contributed by atoms with Gasteiger partial charge >= 0.3 is 0 Å². The quantitative estimate of drug-likeness (QED) is 0.604. The summed E-state index contributed by atoms with van der Waals surface area (Å²) in [5.74, 6) is 0.863. The van der Waals surface area contributed by atoms with Crippen molar-refractivity contribution in [1.29, 1.82) is 0 Å². The van der Waals surface area contributed by atoms with E-state index in [1.165, 1.54) is 0 Å². The molecule has 2 heteroatoms. The number of nitrogens with two attached hydrogens (primary N) is 1. The fraction of sp³-hybridized carbons (Fsp3) is 0.111. The van der Waals surface area contributed by atoms with Gasteiger partial charge in [0, 0.05) is 5.56 Å². The molecule has 0 amide bonds. The van der Waals surface area contributed by atoms with Crippen LogP contribution in [-0.2, 0) is 0 Å². The average Bonchev–Trinajstić information content (AvgIpc) is 2.06. The molecule has 1 unspecified atom stereocenters. The molecule has 2 rings (SSSR count). The largest absolute Gasteiger partial charge is 0.465 e. The SMILES string of the molecule is NC1C=COc2ccccc21. The highest BCUT2D eigenvalue weighted by molar-refractivity contribution is 5.40. The van der Waals surface area contributed by atoms with E-state index >= 15 is 0 Å². The van der Waals surface area contributed by atoms with Crippen LogP contribution in [-0.4, -0.2) is 0 Å². The van der Waals surface area contributed by atoms with Gasteiger partial charge < -0.3 is 10.5 Å². The minimum absolute atomic E-state index is 0.0139. The molecular weight excluding hydrogens is 138 g/mol. The van der Waals surface area contributed by atoms with Gasteiger partial charge in [-0.1, -0.05) is 18.2 Å². The molecule has 1 aliphatic rings. The van der Waals surface area contributed by atoms with Gasteiger partial charge in [-0.15, -0.1) is 0 Å². The molecule has 56 valence electrons. The minimum atomic E-state index is -0.0139. The Balaban J connectivity index is 2.50. The van der Waals surface area contributed by atoms with E-state index in [1.807, 2.05) is 30.3 Å². The second-order valence-electron chi connectivity index (χ2n) is 2.51. The molecule has 1 heterocycles. The summed E-state index contributed by atoms with van der Waals surface area (Å²) in [5.41, 5.74) is 6.83. The second-order valence-corrected chi connectivity index (χ2v) is 2.51.